The Morgan fingerprint density at radius 3 is 2.32 bits per heavy atom. The number of benzene rings is 3. The number of carbonyl (C=O) groups is 1. The zero-order valence-corrected chi connectivity index (χ0v) is 17.2. The molecule has 7 nitrogen and oxygen atoms in total. The van der Waals surface area contributed by atoms with Crippen LogP contribution in [0.25, 0.3) is 22.8 Å². The van der Waals surface area contributed by atoms with Crippen molar-refractivity contribution in [3.63, 3.8) is 0 Å². The van der Waals surface area contributed by atoms with Crippen LogP contribution in [0.2, 0.25) is 0 Å². The van der Waals surface area contributed by atoms with Gasteiger partial charge in [-0.1, -0.05) is 54.6 Å². The van der Waals surface area contributed by atoms with Gasteiger partial charge in [0.1, 0.15) is 0 Å². The lowest BCUT2D eigenvalue weighted by Crippen LogP contribution is -2.15. The van der Waals surface area contributed by atoms with Crippen LogP contribution in [0, 0.1) is 0 Å². The van der Waals surface area contributed by atoms with Gasteiger partial charge in [-0.15, -0.1) is 0 Å². The summed E-state index contributed by atoms with van der Waals surface area (Å²) in [5.74, 6) is 0.344. The van der Waals surface area contributed by atoms with E-state index in [1.165, 1.54) is 0 Å². The first kappa shape index (κ1) is 20.5. The summed E-state index contributed by atoms with van der Waals surface area (Å²) in [5.41, 5.74) is 2.91. The third-order valence-electron chi connectivity index (χ3n) is 4.55. The molecule has 0 bridgehead atoms. The van der Waals surface area contributed by atoms with Gasteiger partial charge in [-0.2, -0.15) is 0 Å². The van der Waals surface area contributed by atoms with Crippen LogP contribution >= 0.6 is 0 Å². The standard InChI is InChI=1S/C23H19N3O4S/c24-31(28,29)15-16-10-12-18(13-11-16)26-22(27)19-8-4-5-9-20(19)23-25-14-21(30-23)17-6-2-1-3-7-17/h1-14H,15H2,(H,26,27)(H2,24,28,29). The molecule has 0 fully saturated rings. The number of hydrogen-bond acceptors (Lipinski definition) is 5. The molecule has 3 N–H and O–H groups in total. The molecule has 0 spiro atoms. The van der Waals surface area contributed by atoms with E-state index in [0.29, 0.717) is 34.0 Å². The second-order valence-corrected chi connectivity index (χ2v) is 8.51. The maximum Gasteiger partial charge on any atom is 0.256 e. The first-order valence-corrected chi connectivity index (χ1v) is 11.1. The number of aromatic nitrogens is 1. The number of amides is 1. The van der Waals surface area contributed by atoms with Crippen molar-refractivity contribution in [2.24, 2.45) is 5.14 Å². The lowest BCUT2D eigenvalue weighted by Gasteiger charge is -2.09. The fourth-order valence-corrected chi connectivity index (χ4v) is 3.77. The molecule has 156 valence electrons. The molecule has 4 rings (SSSR count). The van der Waals surface area contributed by atoms with Crippen LogP contribution in [-0.2, 0) is 15.8 Å². The van der Waals surface area contributed by atoms with Gasteiger partial charge in [0.25, 0.3) is 5.91 Å². The Bertz CT molecular complexity index is 1310. The number of oxazole rings is 1. The van der Waals surface area contributed by atoms with Crippen molar-refractivity contribution >= 4 is 21.6 Å². The minimum absolute atomic E-state index is 0.266. The number of rotatable bonds is 6. The maximum atomic E-state index is 12.9. The van der Waals surface area contributed by atoms with E-state index in [1.54, 1.807) is 54.7 Å². The Balaban J connectivity index is 1.56. The summed E-state index contributed by atoms with van der Waals surface area (Å²) in [6.07, 6.45) is 1.63. The van der Waals surface area contributed by atoms with Gasteiger partial charge in [-0.25, -0.2) is 18.5 Å². The molecular weight excluding hydrogens is 414 g/mol. The van der Waals surface area contributed by atoms with Gasteiger partial charge in [0, 0.05) is 16.8 Å². The van der Waals surface area contributed by atoms with Crippen LogP contribution in [0.4, 0.5) is 5.69 Å². The average Bonchev–Trinajstić information content (AvgIpc) is 3.25. The minimum atomic E-state index is -3.62. The predicted octanol–water partition coefficient (Wildman–Crippen LogP) is 4.05. The molecule has 0 saturated heterocycles. The summed E-state index contributed by atoms with van der Waals surface area (Å²) in [6, 6.07) is 23.1. The minimum Gasteiger partial charge on any atom is -0.436 e. The lowest BCUT2D eigenvalue weighted by atomic mass is 10.1. The molecule has 1 amide bonds. The van der Waals surface area contributed by atoms with Crippen LogP contribution < -0.4 is 10.5 Å². The van der Waals surface area contributed by atoms with E-state index in [1.807, 2.05) is 30.3 Å². The van der Waals surface area contributed by atoms with Gasteiger partial charge in [0.05, 0.1) is 17.5 Å². The van der Waals surface area contributed by atoms with Gasteiger partial charge in [0.2, 0.25) is 15.9 Å². The Kier molecular flexibility index (Phi) is 5.66. The summed E-state index contributed by atoms with van der Waals surface area (Å²) >= 11 is 0. The average molecular weight is 433 g/mol. The topological polar surface area (TPSA) is 115 Å². The zero-order valence-electron chi connectivity index (χ0n) is 16.4. The predicted molar refractivity (Wildman–Crippen MR) is 119 cm³/mol. The Hall–Kier alpha value is -3.75. The quantitative estimate of drug-likeness (QED) is 0.476. The van der Waals surface area contributed by atoms with E-state index in [-0.39, 0.29) is 11.7 Å². The van der Waals surface area contributed by atoms with E-state index in [4.69, 9.17) is 9.56 Å². The van der Waals surface area contributed by atoms with Crippen molar-refractivity contribution in [2.75, 3.05) is 5.32 Å². The Morgan fingerprint density at radius 2 is 1.61 bits per heavy atom. The first-order chi connectivity index (χ1) is 14.9. The molecule has 3 aromatic carbocycles. The summed E-state index contributed by atoms with van der Waals surface area (Å²) in [7, 11) is -3.62. The number of carbonyl (C=O) groups excluding carboxylic acids is 1. The van der Waals surface area contributed by atoms with E-state index in [2.05, 4.69) is 10.3 Å². The van der Waals surface area contributed by atoms with Crippen molar-refractivity contribution in [1.82, 2.24) is 4.98 Å². The molecule has 31 heavy (non-hydrogen) atoms. The highest BCUT2D eigenvalue weighted by atomic mass is 32.2. The number of nitrogens with one attached hydrogen (secondary N) is 1. The summed E-state index contributed by atoms with van der Waals surface area (Å²) in [6.45, 7) is 0. The van der Waals surface area contributed by atoms with Crippen molar-refractivity contribution in [2.45, 2.75) is 5.75 Å². The van der Waals surface area contributed by atoms with Crippen LogP contribution in [0.5, 0.6) is 0 Å². The van der Waals surface area contributed by atoms with Crippen molar-refractivity contribution in [3.8, 4) is 22.8 Å². The summed E-state index contributed by atoms with van der Waals surface area (Å²) in [5, 5.41) is 7.87. The summed E-state index contributed by atoms with van der Waals surface area (Å²) < 4.78 is 28.3. The van der Waals surface area contributed by atoms with Gasteiger partial charge in [0.15, 0.2) is 5.76 Å². The number of anilines is 1. The smallest absolute Gasteiger partial charge is 0.256 e. The van der Waals surface area contributed by atoms with Crippen LogP contribution in [-0.4, -0.2) is 19.3 Å². The maximum absolute atomic E-state index is 12.9. The molecule has 0 aliphatic carbocycles. The van der Waals surface area contributed by atoms with Crippen LogP contribution in [0.15, 0.2) is 89.5 Å². The molecule has 0 aliphatic rings. The number of sulfonamides is 1. The summed E-state index contributed by atoms with van der Waals surface area (Å²) in [4.78, 5) is 17.2. The van der Waals surface area contributed by atoms with Gasteiger partial charge in [-0.05, 0) is 29.8 Å². The first-order valence-electron chi connectivity index (χ1n) is 9.40. The number of primary sulfonamides is 1. The third kappa shape index (κ3) is 5.06. The molecule has 0 saturated carbocycles. The molecule has 1 aromatic heterocycles. The normalized spacial score (nSPS) is 11.3. The number of nitrogens with two attached hydrogens (primary N) is 1. The second kappa shape index (κ2) is 8.55. The molecular formula is C23H19N3O4S. The highest BCUT2D eigenvalue weighted by molar-refractivity contribution is 7.88. The number of hydrogen-bond donors (Lipinski definition) is 2. The van der Waals surface area contributed by atoms with E-state index < -0.39 is 10.0 Å². The Morgan fingerprint density at radius 1 is 0.935 bits per heavy atom. The molecule has 1 heterocycles. The molecule has 4 aromatic rings. The van der Waals surface area contributed by atoms with E-state index in [9.17, 15) is 13.2 Å². The number of nitrogens with zero attached hydrogens (tertiary/aromatic N) is 1. The highest BCUT2D eigenvalue weighted by Gasteiger charge is 2.17. The van der Waals surface area contributed by atoms with Gasteiger partial charge >= 0.3 is 0 Å². The van der Waals surface area contributed by atoms with E-state index in [0.717, 1.165) is 5.56 Å². The van der Waals surface area contributed by atoms with Crippen LogP contribution in [0.1, 0.15) is 15.9 Å². The molecule has 8 heteroatoms. The van der Waals surface area contributed by atoms with Gasteiger partial charge < -0.3 is 9.73 Å². The Labute approximate surface area is 179 Å². The molecule has 0 atom stereocenters. The molecule has 0 unspecified atom stereocenters. The fourth-order valence-electron chi connectivity index (χ4n) is 3.12. The fraction of sp³-hybridized carbons (Fsp3) is 0.0435. The highest BCUT2D eigenvalue weighted by Crippen LogP contribution is 2.28. The van der Waals surface area contributed by atoms with Crippen molar-refractivity contribution < 1.29 is 17.6 Å². The van der Waals surface area contributed by atoms with Gasteiger partial charge in [-0.3, -0.25) is 4.79 Å². The SMILES string of the molecule is NS(=O)(=O)Cc1ccc(NC(=O)c2ccccc2-c2ncc(-c3ccccc3)o2)cc1. The van der Waals surface area contributed by atoms with Crippen LogP contribution in [0.3, 0.4) is 0 Å². The van der Waals surface area contributed by atoms with E-state index >= 15 is 0 Å². The second-order valence-electron chi connectivity index (χ2n) is 6.90. The third-order valence-corrected chi connectivity index (χ3v) is 5.28. The van der Waals surface area contributed by atoms with Crippen molar-refractivity contribution in [1.29, 1.82) is 0 Å². The zero-order chi connectivity index (χ0) is 21.8. The van der Waals surface area contributed by atoms with Crippen molar-refractivity contribution in [3.05, 3.63) is 96.2 Å². The largest absolute Gasteiger partial charge is 0.436 e. The lowest BCUT2D eigenvalue weighted by molar-refractivity contribution is 0.102. The monoisotopic (exact) mass is 433 g/mol. The molecule has 0 aliphatic heterocycles. The molecule has 0 radical (unpaired) electrons.